The van der Waals surface area contributed by atoms with Gasteiger partial charge in [0.25, 0.3) is 15.9 Å². The maximum absolute atomic E-state index is 12.3. The molecule has 3 aromatic rings. The molecule has 1 N–H and O–H groups in total. The topological polar surface area (TPSA) is 81.1 Å². The molecule has 2 aromatic carbocycles. The van der Waals surface area contributed by atoms with Crippen molar-refractivity contribution >= 4 is 50.8 Å². The van der Waals surface area contributed by atoms with Crippen LogP contribution in [0.5, 0.6) is 0 Å². The number of carbonyl (C=O) groups excluding carboxylic acids is 1. The van der Waals surface area contributed by atoms with Gasteiger partial charge in [-0.1, -0.05) is 98.6 Å². The summed E-state index contributed by atoms with van der Waals surface area (Å²) in [6, 6.07) is 15.6. The highest BCUT2D eigenvalue weighted by Crippen LogP contribution is 2.28. The Morgan fingerprint density at radius 2 is 1.84 bits per heavy atom. The molecule has 0 saturated carbocycles. The van der Waals surface area contributed by atoms with Crippen LogP contribution in [0.4, 0.5) is 0 Å². The van der Waals surface area contributed by atoms with Gasteiger partial charge < -0.3 is 4.57 Å². The zero-order chi connectivity index (χ0) is 27.0. The smallest absolute Gasteiger partial charge is 0.257 e. The summed E-state index contributed by atoms with van der Waals surface area (Å²) in [4.78, 5) is 16.7. The van der Waals surface area contributed by atoms with E-state index in [4.69, 9.17) is 23.2 Å². The minimum absolute atomic E-state index is 0.205. The van der Waals surface area contributed by atoms with Gasteiger partial charge in [0, 0.05) is 22.9 Å². The summed E-state index contributed by atoms with van der Waals surface area (Å²) in [5.74, 6) is -0.0844. The molecular formula is C28H29Cl2N3O3S. The van der Waals surface area contributed by atoms with E-state index in [0.29, 0.717) is 35.9 Å². The molecule has 1 aromatic heterocycles. The fraction of sp³-hybridized carbons (Fsp3) is 0.214. The Bertz CT molecular complexity index is 1440. The number of aryl methyl sites for hydroxylation is 1. The van der Waals surface area contributed by atoms with Crippen LogP contribution in [0.15, 0.2) is 72.7 Å². The van der Waals surface area contributed by atoms with Crippen LogP contribution in [0, 0.1) is 0 Å². The van der Waals surface area contributed by atoms with E-state index in [2.05, 4.69) is 11.6 Å². The molecule has 0 unspecified atom stereocenters. The number of benzene rings is 2. The molecule has 37 heavy (non-hydrogen) atoms. The first-order valence-corrected chi connectivity index (χ1v) is 14.1. The zero-order valence-electron chi connectivity index (χ0n) is 20.7. The van der Waals surface area contributed by atoms with Gasteiger partial charge in [0.15, 0.2) is 5.15 Å². The number of carbonyl (C=O) groups is 1. The third-order valence-corrected chi connectivity index (χ3v) is 7.24. The average Bonchev–Trinajstić information content (AvgIpc) is 3.17. The molecule has 1 heterocycles. The molecule has 1 amide bonds. The third kappa shape index (κ3) is 7.68. The molecule has 6 nitrogen and oxygen atoms in total. The van der Waals surface area contributed by atoms with E-state index in [9.17, 15) is 13.2 Å². The molecule has 0 atom stereocenters. The fourth-order valence-corrected chi connectivity index (χ4v) is 4.96. The number of halogens is 2. The number of amides is 1. The molecule has 0 bridgehead atoms. The standard InChI is InChI=1S/C28H29Cl2N3O3S/c1-4-6-10-17-37(35,36)32-27(34)16-15-25-28(30)31-26(5-2)33(25)19-23-14-13-22(18-24(23)29)20(3)21-11-8-7-9-12-21/h7-18H,3-6,19H2,1-2H3,(H,32,34)/b16-15+,17-10+. The lowest BCUT2D eigenvalue weighted by molar-refractivity contribution is -0.114. The summed E-state index contributed by atoms with van der Waals surface area (Å²) in [6.45, 7) is 8.43. The molecule has 9 heteroatoms. The summed E-state index contributed by atoms with van der Waals surface area (Å²) in [6.07, 6.45) is 6.08. The Kier molecular flexibility index (Phi) is 9.92. The fourth-order valence-electron chi connectivity index (χ4n) is 3.65. The summed E-state index contributed by atoms with van der Waals surface area (Å²) in [5, 5.41) is 1.75. The normalized spacial score (nSPS) is 11.9. The molecule has 0 fully saturated rings. The lowest BCUT2D eigenvalue weighted by atomic mass is 9.98. The maximum Gasteiger partial charge on any atom is 0.257 e. The number of hydrogen-bond acceptors (Lipinski definition) is 4. The Morgan fingerprint density at radius 1 is 1.11 bits per heavy atom. The van der Waals surface area contributed by atoms with Crippen LogP contribution in [-0.2, 0) is 27.8 Å². The Balaban J connectivity index is 1.83. The summed E-state index contributed by atoms with van der Waals surface area (Å²) in [7, 11) is -3.87. The van der Waals surface area contributed by atoms with E-state index in [1.807, 2.05) is 71.7 Å². The third-order valence-electron chi connectivity index (χ3n) is 5.58. The van der Waals surface area contributed by atoms with Crippen molar-refractivity contribution in [1.82, 2.24) is 14.3 Å². The van der Waals surface area contributed by atoms with Gasteiger partial charge in [0.05, 0.1) is 12.2 Å². The lowest BCUT2D eigenvalue weighted by Gasteiger charge is -2.13. The van der Waals surface area contributed by atoms with E-state index < -0.39 is 15.9 Å². The number of rotatable bonds is 11. The molecule has 0 radical (unpaired) electrons. The van der Waals surface area contributed by atoms with E-state index in [0.717, 1.165) is 40.2 Å². The van der Waals surface area contributed by atoms with Crippen LogP contribution in [-0.4, -0.2) is 23.9 Å². The van der Waals surface area contributed by atoms with Crippen molar-refractivity contribution in [3.8, 4) is 0 Å². The van der Waals surface area contributed by atoms with Crippen molar-refractivity contribution in [2.75, 3.05) is 0 Å². The second-order valence-corrected chi connectivity index (χ2v) is 10.6. The Hall–Kier alpha value is -3.13. The number of imidazole rings is 1. The predicted octanol–water partition coefficient (Wildman–Crippen LogP) is 6.64. The highest BCUT2D eigenvalue weighted by molar-refractivity contribution is 7.92. The lowest BCUT2D eigenvalue weighted by Crippen LogP contribution is -2.27. The van der Waals surface area contributed by atoms with Gasteiger partial charge in [-0.15, -0.1) is 0 Å². The monoisotopic (exact) mass is 557 g/mol. The first kappa shape index (κ1) is 28.4. The van der Waals surface area contributed by atoms with Gasteiger partial charge >= 0.3 is 0 Å². The van der Waals surface area contributed by atoms with E-state index in [1.165, 1.54) is 12.2 Å². The predicted molar refractivity (Wildman–Crippen MR) is 152 cm³/mol. The Morgan fingerprint density at radius 3 is 2.49 bits per heavy atom. The van der Waals surface area contributed by atoms with Crippen molar-refractivity contribution in [2.45, 2.75) is 39.7 Å². The van der Waals surface area contributed by atoms with Gasteiger partial charge in [0.2, 0.25) is 0 Å². The molecule has 0 aliphatic carbocycles. The Labute approximate surface area is 228 Å². The van der Waals surface area contributed by atoms with Crippen LogP contribution in [0.3, 0.4) is 0 Å². The van der Waals surface area contributed by atoms with Gasteiger partial charge in [-0.3, -0.25) is 4.79 Å². The quantitative estimate of drug-likeness (QED) is 0.268. The van der Waals surface area contributed by atoms with E-state index >= 15 is 0 Å². The van der Waals surface area contributed by atoms with Gasteiger partial charge in [0.1, 0.15) is 5.82 Å². The van der Waals surface area contributed by atoms with Crippen LogP contribution in [0.2, 0.25) is 10.2 Å². The summed E-state index contributed by atoms with van der Waals surface area (Å²) < 4.78 is 27.9. The minimum Gasteiger partial charge on any atom is -0.323 e. The van der Waals surface area contributed by atoms with Gasteiger partial charge in [-0.2, -0.15) is 0 Å². The minimum atomic E-state index is -3.87. The molecule has 0 spiro atoms. The van der Waals surface area contributed by atoms with E-state index in [1.54, 1.807) is 0 Å². The van der Waals surface area contributed by atoms with E-state index in [-0.39, 0.29) is 5.15 Å². The number of unbranched alkanes of at least 4 members (excludes halogenated alkanes) is 1. The van der Waals surface area contributed by atoms with Crippen molar-refractivity contribution in [3.63, 3.8) is 0 Å². The molecule has 3 rings (SSSR count). The number of allylic oxidation sites excluding steroid dienone is 1. The summed E-state index contributed by atoms with van der Waals surface area (Å²) >= 11 is 13.0. The van der Waals surface area contributed by atoms with Crippen LogP contribution < -0.4 is 4.72 Å². The maximum atomic E-state index is 12.3. The first-order valence-electron chi connectivity index (χ1n) is 11.8. The number of aromatic nitrogens is 2. The second kappa shape index (κ2) is 12.9. The van der Waals surface area contributed by atoms with Crippen molar-refractivity contribution in [1.29, 1.82) is 0 Å². The van der Waals surface area contributed by atoms with Crippen molar-refractivity contribution in [2.24, 2.45) is 0 Å². The number of nitrogens with one attached hydrogen (secondary N) is 1. The SMILES string of the molecule is C=C(c1ccccc1)c1ccc(Cn2c(CC)nc(Cl)c2/C=C/C(=O)NS(=O)(=O)/C=C/CCC)c(Cl)c1. The molecule has 0 aliphatic heterocycles. The largest absolute Gasteiger partial charge is 0.323 e. The number of nitrogens with zero attached hydrogens (tertiary/aromatic N) is 2. The summed E-state index contributed by atoms with van der Waals surface area (Å²) in [5.41, 5.74) is 4.09. The highest BCUT2D eigenvalue weighted by atomic mass is 35.5. The molecule has 0 saturated heterocycles. The van der Waals surface area contributed by atoms with Crippen LogP contribution >= 0.6 is 23.2 Å². The van der Waals surface area contributed by atoms with Gasteiger partial charge in [-0.25, -0.2) is 18.1 Å². The number of sulfonamides is 1. The molecule has 0 aliphatic rings. The number of hydrogen-bond donors (Lipinski definition) is 1. The highest BCUT2D eigenvalue weighted by Gasteiger charge is 2.16. The average molecular weight is 559 g/mol. The van der Waals surface area contributed by atoms with Crippen molar-refractivity contribution < 1.29 is 13.2 Å². The van der Waals surface area contributed by atoms with Gasteiger partial charge in [-0.05, 0) is 40.8 Å². The molecular weight excluding hydrogens is 529 g/mol. The molecule has 194 valence electrons. The second-order valence-electron chi connectivity index (χ2n) is 8.30. The first-order chi connectivity index (χ1) is 17.6. The zero-order valence-corrected chi connectivity index (χ0v) is 23.1. The van der Waals surface area contributed by atoms with Crippen molar-refractivity contribution in [3.05, 3.63) is 111 Å². The van der Waals surface area contributed by atoms with Crippen LogP contribution in [0.1, 0.15) is 54.9 Å². The van der Waals surface area contributed by atoms with Crippen LogP contribution in [0.25, 0.3) is 11.6 Å².